The lowest BCUT2D eigenvalue weighted by Crippen LogP contribution is -2.32. The maximum Gasteiger partial charge on any atom is 0.0846 e. The molecule has 0 aliphatic heterocycles. The van der Waals surface area contributed by atoms with Crippen LogP contribution < -0.4 is 0 Å². The van der Waals surface area contributed by atoms with E-state index in [1.54, 1.807) is 41.5 Å². The molecule has 3 N–H and O–H groups in total. The van der Waals surface area contributed by atoms with Crippen LogP contribution in [0, 0.1) is 0 Å². The van der Waals surface area contributed by atoms with E-state index in [0.29, 0.717) is 0 Å². The van der Waals surface area contributed by atoms with Crippen LogP contribution in [0.3, 0.4) is 0 Å². The van der Waals surface area contributed by atoms with Crippen molar-refractivity contribution in [1.82, 2.24) is 0 Å². The Hall–Kier alpha value is -0.900. The highest BCUT2D eigenvalue weighted by atomic mass is 16.3. The van der Waals surface area contributed by atoms with Gasteiger partial charge in [0.2, 0.25) is 0 Å². The molecule has 0 spiro atoms. The normalized spacial score (nSPS) is 13.5. The lowest BCUT2D eigenvalue weighted by molar-refractivity contribution is 0.0609. The van der Waals surface area contributed by atoms with Crippen molar-refractivity contribution in [2.45, 2.75) is 98.4 Å². The van der Waals surface area contributed by atoms with Gasteiger partial charge in [-0.1, -0.05) is 20.8 Å². The number of hydrogen-bond donors (Lipinski definition) is 3. The standard InChI is InChI=1S/C21H36O3/c1-10-13-16(19(4,5)22)14(11-2)18(21(8,9)24)15(12-3)17(13)20(6,7)23/h22-24H,10-12H2,1-9H3. The van der Waals surface area contributed by atoms with Gasteiger partial charge in [-0.25, -0.2) is 0 Å². The van der Waals surface area contributed by atoms with Gasteiger partial charge in [-0.05, 0) is 94.2 Å². The van der Waals surface area contributed by atoms with Crippen LogP contribution in [0.5, 0.6) is 0 Å². The van der Waals surface area contributed by atoms with Crippen LogP contribution in [0.1, 0.15) is 95.7 Å². The molecule has 0 bridgehead atoms. The highest BCUT2D eigenvalue weighted by Crippen LogP contribution is 2.43. The topological polar surface area (TPSA) is 60.7 Å². The predicted octanol–water partition coefficient (Wildman–Crippen LogP) is 4.06. The Morgan fingerprint density at radius 2 is 0.667 bits per heavy atom. The van der Waals surface area contributed by atoms with E-state index >= 15 is 0 Å². The Balaban J connectivity index is 4.27. The molecule has 0 saturated heterocycles. The zero-order valence-corrected chi connectivity index (χ0v) is 17.0. The highest BCUT2D eigenvalue weighted by molar-refractivity contribution is 5.57. The largest absolute Gasteiger partial charge is 0.386 e. The smallest absolute Gasteiger partial charge is 0.0846 e. The Labute approximate surface area is 147 Å². The molecule has 0 atom stereocenters. The highest BCUT2D eigenvalue weighted by Gasteiger charge is 2.37. The minimum Gasteiger partial charge on any atom is -0.386 e. The average Bonchev–Trinajstić information content (AvgIpc) is 2.40. The van der Waals surface area contributed by atoms with E-state index in [2.05, 4.69) is 20.8 Å². The lowest BCUT2D eigenvalue weighted by atomic mass is 9.71. The quantitative estimate of drug-likeness (QED) is 0.734. The van der Waals surface area contributed by atoms with Gasteiger partial charge in [0.25, 0.3) is 0 Å². The molecule has 0 heterocycles. The second kappa shape index (κ2) is 6.78. The minimum atomic E-state index is -1.04. The van der Waals surface area contributed by atoms with Crippen LogP contribution in [0.25, 0.3) is 0 Å². The second-order valence-corrected chi connectivity index (χ2v) is 8.30. The van der Waals surface area contributed by atoms with E-state index in [9.17, 15) is 15.3 Å². The van der Waals surface area contributed by atoms with Crippen LogP contribution in [-0.4, -0.2) is 15.3 Å². The molecule has 0 unspecified atom stereocenters. The molecule has 24 heavy (non-hydrogen) atoms. The maximum atomic E-state index is 10.9. The van der Waals surface area contributed by atoms with Crippen LogP contribution in [-0.2, 0) is 36.1 Å². The van der Waals surface area contributed by atoms with Crippen molar-refractivity contribution >= 4 is 0 Å². The first-order valence-corrected chi connectivity index (χ1v) is 9.10. The zero-order chi connectivity index (χ0) is 19.1. The molecule has 1 aromatic carbocycles. The third-order valence-corrected chi connectivity index (χ3v) is 4.71. The van der Waals surface area contributed by atoms with Crippen molar-refractivity contribution in [3.05, 3.63) is 33.4 Å². The molecule has 1 aromatic rings. The van der Waals surface area contributed by atoms with Crippen molar-refractivity contribution in [2.24, 2.45) is 0 Å². The molecular weight excluding hydrogens is 300 g/mol. The van der Waals surface area contributed by atoms with E-state index in [1.807, 2.05) is 0 Å². The van der Waals surface area contributed by atoms with Crippen molar-refractivity contribution in [2.75, 3.05) is 0 Å². The van der Waals surface area contributed by atoms with E-state index in [4.69, 9.17) is 0 Å². The predicted molar refractivity (Wildman–Crippen MR) is 100 cm³/mol. The Morgan fingerprint density at radius 3 is 0.750 bits per heavy atom. The summed E-state index contributed by atoms with van der Waals surface area (Å²) < 4.78 is 0. The first-order valence-electron chi connectivity index (χ1n) is 9.10. The van der Waals surface area contributed by atoms with Crippen LogP contribution >= 0.6 is 0 Å². The molecule has 0 amide bonds. The van der Waals surface area contributed by atoms with Gasteiger partial charge in [-0.15, -0.1) is 0 Å². The van der Waals surface area contributed by atoms with Gasteiger partial charge in [-0.2, -0.15) is 0 Å². The van der Waals surface area contributed by atoms with E-state index < -0.39 is 16.8 Å². The van der Waals surface area contributed by atoms with Gasteiger partial charge in [0.15, 0.2) is 0 Å². The van der Waals surface area contributed by atoms with Gasteiger partial charge in [0.1, 0.15) is 0 Å². The lowest BCUT2D eigenvalue weighted by Gasteiger charge is -2.38. The Morgan fingerprint density at radius 1 is 0.500 bits per heavy atom. The summed E-state index contributed by atoms with van der Waals surface area (Å²) in [5.41, 5.74) is 2.50. The molecule has 3 heteroatoms. The first-order chi connectivity index (χ1) is 10.7. The van der Waals surface area contributed by atoms with E-state index in [-0.39, 0.29) is 0 Å². The van der Waals surface area contributed by atoms with Crippen LogP contribution in [0.15, 0.2) is 0 Å². The number of hydrogen-bond acceptors (Lipinski definition) is 3. The average molecular weight is 337 g/mol. The molecule has 138 valence electrons. The summed E-state index contributed by atoms with van der Waals surface area (Å²) in [6, 6.07) is 0. The summed E-state index contributed by atoms with van der Waals surface area (Å²) in [6.45, 7) is 16.9. The van der Waals surface area contributed by atoms with E-state index in [1.165, 1.54) is 0 Å². The molecule has 0 aliphatic rings. The molecule has 0 aromatic heterocycles. The molecule has 0 saturated carbocycles. The summed E-state index contributed by atoms with van der Waals surface area (Å²) in [7, 11) is 0. The molecule has 3 nitrogen and oxygen atoms in total. The molecule has 0 aliphatic carbocycles. The van der Waals surface area contributed by atoms with Gasteiger partial charge in [0, 0.05) is 0 Å². The summed E-state index contributed by atoms with van der Waals surface area (Å²) >= 11 is 0. The summed E-state index contributed by atoms with van der Waals surface area (Å²) in [6.07, 6.45) is 2.18. The number of rotatable bonds is 6. The van der Waals surface area contributed by atoms with Gasteiger partial charge in [-0.3, -0.25) is 0 Å². The van der Waals surface area contributed by atoms with Crippen molar-refractivity contribution in [1.29, 1.82) is 0 Å². The number of benzene rings is 1. The van der Waals surface area contributed by atoms with Crippen LogP contribution in [0.4, 0.5) is 0 Å². The Kier molecular flexibility index (Phi) is 5.97. The maximum absolute atomic E-state index is 10.9. The first kappa shape index (κ1) is 21.1. The fraction of sp³-hybridized carbons (Fsp3) is 0.714. The summed E-state index contributed by atoms with van der Waals surface area (Å²) in [5, 5.41) is 32.7. The van der Waals surface area contributed by atoms with Gasteiger partial charge >= 0.3 is 0 Å². The van der Waals surface area contributed by atoms with Gasteiger partial charge < -0.3 is 15.3 Å². The molecular formula is C21H36O3. The summed E-state index contributed by atoms with van der Waals surface area (Å²) in [4.78, 5) is 0. The third kappa shape index (κ3) is 3.84. The van der Waals surface area contributed by atoms with E-state index in [0.717, 1.165) is 52.6 Å². The zero-order valence-electron chi connectivity index (χ0n) is 17.0. The molecule has 0 radical (unpaired) electrons. The van der Waals surface area contributed by atoms with Crippen molar-refractivity contribution < 1.29 is 15.3 Å². The monoisotopic (exact) mass is 336 g/mol. The van der Waals surface area contributed by atoms with Crippen molar-refractivity contribution in [3.8, 4) is 0 Å². The minimum absolute atomic E-state index is 0.727. The SMILES string of the molecule is CCc1c(C(C)(C)O)c(CC)c(C(C)(C)O)c(CC)c1C(C)(C)O. The fourth-order valence-corrected chi connectivity index (χ4v) is 4.20. The molecule has 0 fully saturated rings. The number of aliphatic hydroxyl groups is 3. The van der Waals surface area contributed by atoms with Gasteiger partial charge in [0.05, 0.1) is 16.8 Å². The fourth-order valence-electron chi connectivity index (χ4n) is 4.20. The second-order valence-electron chi connectivity index (χ2n) is 8.30. The molecule has 1 rings (SSSR count). The van der Waals surface area contributed by atoms with Crippen molar-refractivity contribution in [3.63, 3.8) is 0 Å². The third-order valence-electron chi connectivity index (χ3n) is 4.71. The Bertz CT molecular complexity index is 487. The summed E-state index contributed by atoms with van der Waals surface area (Å²) in [5.74, 6) is 0. The van der Waals surface area contributed by atoms with Crippen LogP contribution in [0.2, 0.25) is 0 Å².